The molecule has 184 valence electrons. The molecule has 0 amide bonds. The first-order valence-electron chi connectivity index (χ1n) is 9.87. The molecule has 1 aliphatic heterocycles. The van der Waals surface area contributed by atoms with Crippen LogP contribution in [0.4, 0.5) is 13.2 Å². The van der Waals surface area contributed by atoms with E-state index in [9.17, 15) is 36.3 Å². The van der Waals surface area contributed by atoms with Crippen LogP contribution in [0.2, 0.25) is 5.02 Å². The Balaban J connectivity index is 1.97. The second-order valence-electron chi connectivity index (χ2n) is 7.32. The van der Waals surface area contributed by atoms with Crippen LogP contribution in [0.15, 0.2) is 36.4 Å². The number of halogens is 4. The molecule has 2 N–H and O–H groups in total. The van der Waals surface area contributed by atoms with Gasteiger partial charge < -0.3 is 14.6 Å². The van der Waals surface area contributed by atoms with Gasteiger partial charge in [-0.05, 0) is 31.2 Å². The molecule has 34 heavy (non-hydrogen) atoms. The maximum absolute atomic E-state index is 13.3. The molecule has 0 fully saturated rings. The number of nitrogens with one attached hydrogen (secondary N) is 1. The number of carboxylic acids is 1. The van der Waals surface area contributed by atoms with E-state index in [1.54, 1.807) is 6.07 Å². The number of carboxylic acid groups (broad SMARTS) is 1. The number of Topliss-reactive ketones (excluding diaryl/α,β-unsaturated/α-hetero) is 1. The van der Waals surface area contributed by atoms with Gasteiger partial charge >= 0.3 is 12.1 Å². The molecular formula is C21H19ClF3NO7S. The Bertz CT molecular complexity index is 1220. The average molecular weight is 522 g/mol. The fourth-order valence-electron chi connectivity index (χ4n) is 3.21. The molecule has 0 aliphatic carbocycles. The van der Waals surface area contributed by atoms with E-state index in [1.807, 2.05) is 4.72 Å². The van der Waals surface area contributed by atoms with Crippen LogP contribution in [0.1, 0.15) is 40.9 Å². The minimum Gasteiger partial charge on any atom is -0.491 e. The second-order valence-corrected chi connectivity index (χ2v) is 9.77. The summed E-state index contributed by atoms with van der Waals surface area (Å²) in [5.74, 6) is -2.71. The first-order valence-corrected chi connectivity index (χ1v) is 11.9. The summed E-state index contributed by atoms with van der Waals surface area (Å²) in [7, 11) is -3.95. The highest BCUT2D eigenvalue weighted by Gasteiger charge is 2.35. The van der Waals surface area contributed by atoms with E-state index in [2.05, 4.69) is 0 Å². The van der Waals surface area contributed by atoms with Crippen LogP contribution in [0.5, 0.6) is 11.5 Å². The van der Waals surface area contributed by atoms with Crippen molar-refractivity contribution in [1.82, 2.24) is 4.72 Å². The lowest BCUT2D eigenvalue weighted by atomic mass is 9.95. The quantitative estimate of drug-likeness (QED) is 0.541. The van der Waals surface area contributed by atoms with E-state index in [1.165, 1.54) is 19.1 Å². The standard InChI is InChI=1S/C21H19ClF3NO7S/c1-2-34(30,31)26-15(20(28)29)10-32-17-8-11(21(23,24)25)6-7-13(17)18-9-16(27)12-4-3-5-14(22)19(12)33-18/h3-8,15,18,26H,2,9-10H2,1H3,(H,28,29)/t15?,18-/m1/s1. The van der Waals surface area contributed by atoms with Crippen LogP contribution in [0, 0.1) is 0 Å². The summed E-state index contributed by atoms with van der Waals surface area (Å²) in [4.78, 5) is 24.1. The van der Waals surface area contributed by atoms with Crippen molar-refractivity contribution >= 4 is 33.4 Å². The normalized spacial score (nSPS) is 17.0. The van der Waals surface area contributed by atoms with Crippen molar-refractivity contribution in [3.63, 3.8) is 0 Å². The molecule has 0 bridgehead atoms. The maximum Gasteiger partial charge on any atom is 0.416 e. The number of para-hydroxylation sites is 1. The van der Waals surface area contributed by atoms with Crippen molar-refractivity contribution in [3.8, 4) is 11.5 Å². The van der Waals surface area contributed by atoms with Gasteiger partial charge in [0.05, 0.1) is 28.3 Å². The van der Waals surface area contributed by atoms with Crippen LogP contribution in [-0.2, 0) is 21.0 Å². The Kier molecular flexibility index (Phi) is 7.44. The minimum atomic E-state index is -4.74. The van der Waals surface area contributed by atoms with E-state index in [0.29, 0.717) is 6.07 Å². The highest BCUT2D eigenvalue weighted by Crippen LogP contribution is 2.43. The molecule has 1 aliphatic rings. The van der Waals surface area contributed by atoms with E-state index in [0.717, 1.165) is 12.1 Å². The highest BCUT2D eigenvalue weighted by molar-refractivity contribution is 7.89. The van der Waals surface area contributed by atoms with Crippen molar-refractivity contribution in [3.05, 3.63) is 58.1 Å². The van der Waals surface area contributed by atoms with Gasteiger partial charge in [0.2, 0.25) is 10.0 Å². The third-order valence-electron chi connectivity index (χ3n) is 4.99. The molecule has 2 aromatic rings. The van der Waals surface area contributed by atoms with Crippen molar-refractivity contribution in [2.24, 2.45) is 0 Å². The van der Waals surface area contributed by atoms with E-state index >= 15 is 0 Å². The molecule has 2 atom stereocenters. The van der Waals surface area contributed by atoms with Crippen molar-refractivity contribution in [2.45, 2.75) is 31.7 Å². The van der Waals surface area contributed by atoms with Gasteiger partial charge in [-0.1, -0.05) is 23.7 Å². The van der Waals surface area contributed by atoms with Gasteiger partial charge in [-0.15, -0.1) is 0 Å². The lowest BCUT2D eigenvalue weighted by molar-refractivity contribution is -0.140. The Morgan fingerprint density at radius 1 is 1.32 bits per heavy atom. The number of ketones is 1. The van der Waals surface area contributed by atoms with E-state index in [4.69, 9.17) is 21.1 Å². The van der Waals surface area contributed by atoms with Crippen molar-refractivity contribution < 1.29 is 45.8 Å². The molecule has 0 aromatic heterocycles. The highest BCUT2D eigenvalue weighted by atomic mass is 35.5. The Morgan fingerprint density at radius 2 is 2.03 bits per heavy atom. The predicted molar refractivity (Wildman–Crippen MR) is 115 cm³/mol. The largest absolute Gasteiger partial charge is 0.491 e. The Hall–Kier alpha value is -2.83. The van der Waals surface area contributed by atoms with Gasteiger partial charge in [0, 0.05) is 5.56 Å². The molecule has 8 nitrogen and oxygen atoms in total. The first-order chi connectivity index (χ1) is 15.8. The number of sulfonamides is 1. The fraction of sp³-hybridized carbons (Fsp3) is 0.333. The fourth-order valence-corrected chi connectivity index (χ4v) is 4.20. The third-order valence-corrected chi connectivity index (χ3v) is 6.69. The maximum atomic E-state index is 13.3. The number of benzene rings is 2. The molecule has 0 radical (unpaired) electrons. The molecule has 3 rings (SSSR count). The molecule has 13 heteroatoms. The zero-order valence-corrected chi connectivity index (χ0v) is 19.1. The molecule has 2 aromatic carbocycles. The lowest BCUT2D eigenvalue weighted by Crippen LogP contribution is -2.45. The minimum absolute atomic E-state index is 0.0365. The van der Waals surface area contributed by atoms with Crippen LogP contribution >= 0.6 is 11.6 Å². The third kappa shape index (κ3) is 5.80. The van der Waals surface area contributed by atoms with Gasteiger partial charge in [0.15, 0.2) is 11.8 Å². The summed E-state index contributed by atoms with van der Waals surface area (Å²) < 4.78 is 76.5. The van der Waals surface area contributed by atoms with Gasteiger partial charge in [0.1, 0.15) is 24.2 Å². The Morgan fingerprint density at radius 3 is 2.65 bits per heavy atom. The number of fused-ring (bicyclic) bond motifs is 1. The molecule has 0 saturated heterocycles. The number of alkyl halides is 3. The number of ether oxygens (including phenoxy) is 2. The summed E-state index contributed by atoms with van der Waals surface area (Å²) >= 11 is 6.11. The number of rotatable bonds is 8. The number of aliphatic carboxylic acids is 1. The summed E-state index contributed by atoms with van der Waals surface area (Å²) in [6.07, 6.45) is -6.06. The molecular weight excluding hydrogens is 503 g/mol. The number of hydrogen-bond donors (Lipinski definition) is 2. The number of hydrogen-bond acceptors (Lipinski definition) is 6. The number of carbonyl (C=O) groups is 2. The van der Waals surface area contributed by atoms with Crippen LogP contribution < -0.4 is 14.2 Å². The van der Waals surface area contributed by atoms with E-state index < -0.39 is 58.0 Å². The molecule has 1 heterocycles. The van der Waals surface area contributed by atoms with Crippen LogP contribution in [0.3, 0.4) is 0 Å². The molecule has 0 saturated carbocycles. The summed E-state index contributed by atoms with van der Waals surface area (Å²) in [6, 6.07) is 5.24. The van der Waals surface area contributed by atoms with E-state index in [-0.39, 0.29) is 34.1 Å². The van der Waals surface area contributed by atoms with Crippen LogP contribution in [-0.4, -0.2) is 43.7 Å². The average Bonchev–Trinajstić information content (AvgIpc) is 2.76. The smallest absolute Gasteiger partial charge is 0.416 e. The van der Waals surface area contributed by atoms with Gasteiger partial charge in [-0.25, -0.2) is 8.42 Å². The first kappa shape index (κ1) is 25.8. The van der Waals surface area contributed by atoms with Gasteiger partial charge in [-0.3, -0.25) is 9.59 Å². The van der Waals surface area contributed by atoms with Crippen molar-refractivity contribution in [2.75, 3.05) is 12.4 Å². The topological polar surface area (TPSA) is 119 Å². The monoisotopic (exact) mass is 521 g/mol. The predicted octanol–water partition coefficient (Wildman–Crippen LogP) is 3.84. The zero-order chi connectivity index (χ0) is 25.3. The van der Waals surface area contributed by atoms with Gasteiger partial charge in [-0.2, -0.15) is 17.9 Å². The van der Waals surface area contributed by atoms with Gasteiger partial charge in [0.25, 0.3) is 0 Å². The summed E-state index contributed by atoms with van der Waals surface area (Å²) in [5, 5.41) is 9.45. The Labute approximate surface area is 197 Å². The molecule has 0 spiro atoms. The summed E-state index contributed by atoms with van der Waals surface area (Å²) in [6.45, 7) is 0.467. The summed E-state index contributed by atoms with van der Waals surface area (Å²) in [5.41, 5.74) is -0.833. The zero-order valence-electron chi connectivity index (χ0n) is 17.6. The van der Waals surface area contributed by atoms with Crippen molar-refractivity contribution in [1.29, 1.82) is 0 Å². The lowest BCUT2D eigenvalue weighted by Gasteiger charge is -2.28. The number of carbonyl (C=O) groups excluding carboxylic acids is 1. The SMILES string of the molecule is CCS(=O)(=O)NC(COc1cc(C(F)(F)F)ccc1[C@H]1CC(=O)c2cccc(Cl)c2O1)C(=O)O. The molecule has 1 unspecified atom stereocenters. The van der Waals surface area contributed by atoms with Crippen LogP contribution in [0.25, 0.3) is 0 Å². The second kappa shape index (κ2) is 9.80.